The predicted octanol–water partition coefficient (Wildman–Crippen LogP) is 3.20. The molecule has 0 N–H and O–H groups in total. The Balaban J connectivity index is 2.82. The van der Waals surface area contributed by atoms with Crippen molar-refractivity contribution >= 4 is 0 Å². The summed E-state index contributed by atoms with van der Waals surface area (Å²) in [5.74, 6) is 0.620. The van der Waals surface area contributed by atoms with E-state index in [0.29, 0.717) is 5.92 Å². The lowest BCUT2D eigenvalue weighted by Gasteiger charge is -2.00. The third-order valence-corrected chi connectivity index (χ3v) is 1.36. The summed E-state index contributed by atoms with van der Waals surface area (Å²) in [4.78, 5) is 0. The van der Waals surface area contributed by atoms with E-state index in [-0.39, 0.29) is 0 Å². The SMILES string of the molecule is [CH2]C(C)CCCCC=C. The standard InChI is InChI=1S/C9H17/c1-4-5-6-7-8-9(2)3/h4,9H,1-2,5-8H2,3H3. The van der Waals surface area contributed by atoms with Crippen molar-refractivity contribution in [2.45, 2.75) is 32.6 Å². The van der Waals surface area contributed by atoms with Crippen molar-refractivity contribution in [2.24, 2.45) is 5.92 Å². The lowest BCUT2D eigenvalue weighted by molar-refractivity contribution is 0.582. The lowest BCUT2D eigenvalue weighted by atomic mass is 10.1. The number of rotatable bonds is 5. The number of allylic oxidation sites excluding steroid dienone is 1. The number of hydrogen-bond acceptors (Lipinski definition) is 0. The number of unbranched alkanes of at least 4 members (excludes halogenated alkanes) is 2. The summed E-state index contributed by atoms with van der Waals surface area (Å²) in [6, 6.07) is 0. The quantitative estimate of drug-likeness (QED) is 0.391. The minimum Gasteiger partial charge on any atom is -0.103 e. The van der Waals surface area contributed by atoms with Gasteiger partial charge in [0.15, 0.2) is 0 Å². The van der Waals surface area contributed by atoms with Crippen LogP contribution < -0.4 is 0 Å². The molecule has 0 bridgehead atoms. The third-order valence-electron chi connectivity index (χ3n) is 1.36. The Morgan fingerprint density at radius 2 is 2.11 bits per heavy atom. The van der Waals surface area contributed by atoms with Crippen LogP contribution in [-0.4, -0.2) is 0 Å². The Bertz CT molecular complexity index is 62.4. The third kappa shape index (κ3) is 7.74. The molecule has 0 saturated heterocycles. The van der Waals surface area contributed by atoms with E-state index in [1.807, 2.05) is 6.08 Å². The molecular formula is C9H17. The van der Waals surface area contributed by atoms with E-state index in [2.05, 4.69) is 20.4 Å². The Hall–Kier alpha value is -0.260. The first-order valence-electron chi connectivity index (χ1n) is 3.71. The zero-order valence-corrected chi connectivity index (χ0v) is 6.40. The molecule has 0 amide bonds. The molecule has 0 saturated carbocycles. The smallest absolute Gasteiger partial charge is 0.0353 e. The van der Waals surface area contributed by atoms with Crippen LogP contribution in [0.25, 0.3) is 0 Å². The molecule has 9 heavy (non-hydrogen) atoms. The van der Waals surface area contributed by atoms with Crippen molar-refractivity contribution in [1.82, 2.24) is 0 Å². The molecule has 0 aromatic carbocycles. The van der Waals surface area contributed by atoms with Gasteiger partial charge in [0.05, 0.1) is 0 Å². The Morgan fingerprint density at radius 1 is 1.44 bits per heavy atom. The number of hydrogen-bond donors (Lipinski definition) is 0. The van der Waals surface area contributed by atoms with Gasteiger partial charge in [0, 0.05) is 0 Å². The highest BCUT2D eigenvalue weighted by molar-refractivity contribution is 4.66. The van der Waals surface area contributed by atoms with Crippen molar-refractivity contribution in [2.75, 3.05) is 0 Å². The van der Waals surface area contributed by atoms with E-state index in [9.17, 15) is 0 Å². The molecule has 0 heterocycles. The maximum atomic E-state index is 3.91. The molecular weight excluding hydrogens is 108 g/mol. The van der Waals surface area contributed by atoms with Crippen LogP contribution in [0.3, 0.4) is 0 Å². The fraction of sp³-hybridized carbons (Fsp3) is 0.667. The second-order valence-electron chi connectivity index (χ2n) is 2.68. The first-order chi connectivity index (χ1) is 4.27. The molecule has 0 aromatic rings. The highest BCUT2D eigenvalue weighted by Crippen LogP contribution is 2.07. The molecule has 1 radical (unpaired) electrons. The first-order valence-corrected chi connectivity index (χ1v) is 3.71. The van der Waals surface area contributed by atoms with E-state index in [0.717, 1.165) is 6.42 Å². The summed E-state index contributed by atoms with van der Waals surface area (Å²) in [6.07, 6.45) is 6.98. The van der Waals surface area contributed by atoms with Gasteiger partial charge in [-0.3, -0.25) is 0 Å². The van der Waals surface area contributed by atoms with Gasteiger partial charge in [0.2, 0.25) is 0 Å². The van der Waals surface area contributed by atoms with Gasteiger partial charge in [0.1, 0.15) is 0 Å². The molecule has 0 aliphatic carbocycles. The summed E-state index contributed by atoms with van der Waals surface area (Å²) in [5.41, 5.74) is 0. The summed E-state index contributed by atoms with van der Waals surface area (Å²) < 4.78 is 0. The fourth-order valence-corrected chi connectivity index (χ4v) is 0.781. The van der Waals surface area contributed by atoms with Crippen LogP contribution in [0, 0.1) is 12.8 Å². The van der Waals surface area contributed by atoms with E-state index >= 15 is 0 Å². The lowest BCUT2D eigenvalue weighted by Crippen LogP contribution is -1.86. The van der Waals surface area contributed by atoms with Gasteiger partial charge < -0.3 is 0 Å². The van der Waals surface area contributed by atoms with Gasteiger partial charge in [0.25, 0.3) is 0 Å². The Kier molecular flexibility index (Phi) is 5.70. The van der Waals surface area contributed by atoms with Crippen molar-refractivity contribution in [3.63, 3.8) is 0 Å². The highest BCUT2D eigenvalue weighted by atomic mass is 14.0. The van der Waals surface area contributed by atoms with Crippen molar-refractivity contribution < 1.29 is 0 Å². The van der Waals surface area contributed by atoms with Gasteiger partial charge >= 0.3 is 0 Å². The van der Waals surface area contributed by atoms with Gasteiger partial charge in [-0.05, 0) is 18.8 Å². The zero-order valence-electron chi connectivity index (χ0n) is 6.40. The summed E-state index contributed by atoms with van der Waals surface area (Å²) >= 11 is 0. The zero-order chi connectivity index (χ0) is 7.11. The van der Waals surface area contributed by atoms with Gasteiger partial charge in [-0.25, -0.2) is 0 Å². The first kappa shape index (κ1) is 8.74. The Labute approximate surface area is 59.0 Å². The van der Waals surface area contributed by atoms with Crippen LogP contribution in [-0.2, 0) is 0 Å². The molecule has 1 unspecified atom stereocenters. The molecule has 1 atom stereocenters. The van der Waals surface area contributed by atoms with Crippen LogP contribution in [0.5, 0.6) is 0 Å². The molecule has 0 heteroatoms. The van der Waals surface area contributed by atoms with Gasteiger partial charge in [-0.15, -0.1) is 6.58 Å². The van der Waals surface area contributed by atoms with Crippen LogP contribution in [0.2, 0.25) is 0 Å². The minimum atomic E-state index is 0.620. The Morgan fingerprint density at radius 3 is 2.56 bits per heavy atom. The molecule has 0 aliphatic rings. The van der Waals surface area contributed by atoms with E-state index < -0.39 is 0 Å². The average molecular weight is 125 g/mol. The second-order valence-corrected chi connectivity index (χ2v) is 2.68. The van der Waals surface area contributed by atoms with E-state index in [1.165, 1.54) is 19.3 Å². The predicted molar refractivity (Wildman–Crippen MR) is 43.2 cm³/mol. The maximum Gasteiger partial charge on any atom is -0.0353 e. The minimum absolute atomic E-state index is 0.620. The van der Waals surface area contributed by atoms with Crippen LogP contribution in [0.1, 0.15) is 32.6 Å². The largest absolute Gasteiger partial charge is 0.103 e. The monoisotopic (exact) mass is 125 g/mol. The molecule has 0 rings (SSSR count). The van der Waals surface area contributed by atoms with E-state index in [1.54, 1.807) is 0 Å². The molecule has 0 aromatic heterocycles. The summed E-state index contributed by atoms with van der Waals surface area (Å²) in [7, 11) is 0. The van der Waals surface area contributed by atoms with Crippen molar-refractivity contribution in [1.29, 1.82) is 0 Å². The van der Waals surface area contributed by atoms with Crippen LogP contribution in [0.4, 0.5) is 0 Å². The average Bonchev–Trinajstić information content (AvgIpc) is 1.80. The highest BCUT2D eigenvalue weighted by Gasteiger charge is 1.91. The molecule has 53 valence electrons. The molecule has 0 spiro atoms. The maximum absolute atomic E-state index is 3.91. The second kappa shape index (κ2) is 5.87. The topological polar surface area (TPSA) is 0 Å². The van der Waals surface area contributed by atoms with Gasteiger partial charge in [-0.1, -0.05) is 32.8 Å². The summed E-state index contributed by atoms with van der Waals surface area (Å²) in [5, 5.41) is 0. The van der Waals surface area contributed by atoms with Crippen molar-refractivity contribution in [3.05, 3.63) is 19.6 Å². The fourth-order valence-electron chi connectivity index (χ4n) is 0.781. The van der Waals surface area contributed by atoms with E-state index in [4.69, 9.17) is 0 Å². The summed E-state index contributed by atoms with van der Waals surface area (Å²) in [6.45, 7) is 9.73. The molecule has 0 nitrogen and oxygen atoms in total. The van der Waals surface area contributed by atoms with Crippen LogP contribution in [0.15, 0.2) is 12.7 Å². The van der Waals surface area contributed by atoms with Gasteiger partial charge in [-0.2, -0.15) is 0 Å². The van der Waals surface area contributed by atoms with Crippen molar-refractivity contribution in [3.8, 4) is 0 Å². The van der Waals surface area contributed by atoms with Crippen LogP contribution >= 0.6 is 0 Å². The normalized spacial score (nSPS) is 10.1. The molecule has 0 fully saturated rings. The molecule has 0 aliphatic heterocycles.